The normalized spacial score (nSPS) is 10.4. The minimum atomic E-state index is -0.457. The summed E-state index contributed by atoms with van der Waals surface area (Å²) in [5.74, 6) is -0.351. The summed E-state index contributed by atoms with van der Waals surface area (Å²) in [4.78, 5) is 24.7. The van der Waals surface area contributed by atoms with Crippen molar-refractivity contribution in [3.8, 4) is 6.07 Å². The van der Waals surface area contributed by atoms with Crippen molar-refractivity contribution in [2.24, 2.45) is 11.7 Å². The second-order valence-electron chi connectivity index (χ2n) is 5.27. The molecular weight excluding hydrogens is 268 g/mol. The van der Waals surface area contributed by atoms with Crippen molar-refractivity contribution >= 4 is 17.5 Å². The van der Waals surface area contributed by atoms with Gasteiger partial charge in [0.15, 0.2) is 0 Å². The summed E-state index contributed by atoms with van der Waals surface area (Å²) >= 11 is 0. The van der Waals surface area contributed by atoms with Crippen LogP contribution in [0.25, 0.3) is 0 Å². The number of nitrogens with zero attached hydrogens (tertiary/aromatic N) is 2. The fraction of sp³-hybridized carbons (Fsp3) is 0.400. The zero-order chi connectivity index (χ0) is 15.8. The van der Waals surface area contributed by atoms with Crippen molar-refractivity contribution in [2.75, 3.05) is 25.0 Å². The highest BCUT2D eigenvalue weighted by Gasteiger charge is 2.14. The lowest BCUT2D eigenvalue weighted by molar-refractivity contribution is -0.121. The molecule has 0 aliphatic rings. The smallest absolute Gasteiger partial charge is 0.238 e. The van der Waals surface area contributed by atoms with E-state index in [0.29, 0.717) is 23.7 Å². The fourth-order valence-electron chi connectivity index (χ4n) is 1.95. The monoisotopic (exact) mass is 288 g/mol. The van der Waals surface area contributed by atoms with Crippen molar-refractivity contribution in [3.05, 3.63) is 29.8 Å². The summed E-state index contributed by atoms with van der Waals surface area (Å²) < 4.78 is 0. The Kier molecular flexibility index (Phi) is 6.37. The molecular formula is C15H20N4O2. The Bertz CT molecular complexity index is 532. The Hall–Kier alpha value is -2.39. The molecule has 2 amide bonds. The highest BCUT2D eigenvalue weighted by Crippen LogP contribution is 2.09. The van der Waals surface area contributed by atoms with Crippen molar-refractivity contribution in [1.29, 1.82) is 5.26 Å². The molecule has 3 N–H and O–H groups in total. The number of primary amides is 1. The molecule has 0 saturated carbocycles. The molecule has 1 rings (SSSR count). The molecule has 0 heterocycles. The molecule has 0 saturated heterocycles. The average Bonchev–Trinajstić information content (AvgIpc) is 2.37. The van der Waals surface area contributed by atoms with Crippen LogP contribution in [0.1, 0.15) is 19.4 Å². The first kappa shape index (κ1) is 16.7. The topological polar surface area (TPSA) is 99.2 Å². The molecule has 0 bridgehead atoms. The summed E-state index contributed by atoms with van der Waals surface area (Å²) in [7, 11) is 0. The van der Waals surface area contributed by atoms with Crippen LogP contribution in [0.3, 0.4) is 0 Å². The van der Waals surface area contributed by atoms with Crippen LogP contribution in [0.5, 0.6) is 0 Å². The maximum Gasteiger partial charge on any atom is 0.238 e. The maximum atomic E-state index is 12.0. The summed E-state index contributed by atoms with van der Waals surface area (Å²) in [6.07, 6.45) is 0. The average molecular weight is 288 g/mol. The second kappa shape index (κ2) is 8.02. The number of nitrogens with two attached hydrogens (primary N) is 1. The van der Waals surface area contributed by atoms with E-state index < -0.39 is 5.91 Å². The van der Waals surface area contributed by atoms with Gasteiger partial charge in [-0.15, -0.1) is 0 Å². The van der Waals surface area contributed by atoms with Gasteiger partial charge in [-0.2, -0.15) is 5.26 Å². The van der Waals surface area contributed by atoms with Gasteiger partial charge in [0.25, 0.3) is 0 Å². The zero-order valence-electron chi connectivity index (χ0n) is 12.3. The van der Waals surface area contributed by atoms with E-state index in [2.05, 4.69) is 5.32 Å². The molecule has 0 radical (unpaired) electrons. The number of anilines is 1. The van der Waals surface area contributed by atoms with Crippen molar-refractivity contribution in [2.45, 2.75) is 13.8 Å². The van der Waals surface area contributed by atoms with E-state index in [1.807, 2.05) is 19.9 Å². The number of carbonyl (C=O) groups excluding carboxylic acids is 2. The standard InChI is InChI=1S/C15H20N4O2/c1-11(2)8-19(9-14(17)20)10-15(21)18-13-5-3-12(7-16)4-6-13/h3-6,11H,8-10H2,1-2H3,(H2,17,20)(H,18,21). The fourth-order valence-corrected chi connectivity index (χ4v) is 1.95. The third-order valence-electron chi connectivity index (χ3n) is 2.67. The van der Waals surface area contributed by atoms with Gasteiger partial charge >= 0.3 is 0 Å². The summed E-state index contributed by atoms with van der Waals surface area (Å²) in [6, 6.07) is 8.60. The lowest BCUT2D eigenvalue weighted by atomic mass is 10.2. The molecule has 21 heavy (non-hydrogen) atoms. The van der Waals surface area contributed by atoms with Gasteiger partial charge in [0, 0.05) is 12.2 Å². The Morgan fingerprint density at radius 3 is 2.38 bits per heavy atom. The summed E-state index contributed by atoms with van der Waals surface area (Å²) in [5, 5.41) is 11.4. The highest BCUT2D eigenvalue weighted by molar-refractivity contribution is 5.92. The highest BCUT2D eigenvalue weighted by atomic mass is 16.2. The van der Waals surface area contributed by atoms with Gasteiger partial charge in [0.05, 0.1) is 24.7 Å². The first-order valence-electron chi connectivity index (χ1n) is 6.71. The van der Waals surface area contributed by atoms with Crippen LogP contribution in [0.2, 0.25) is 0 Å². The van der Waals surface area contributed by atoms with E-state index in [4.69, 9.17) is 11.0 Å². The quantitative estimate of drug-likeness (QED) is 0.780. The number of benzene rings is 1. The van der Waals surface area contributed by atoms with Crippen LogP contribution < -0.4 is 11.1 Å². The molecule has 0 aliphatic carbocycles. The lowest BCUT2D eigenvalue weighted by Gasteiger charge is -2.22. The Balaban J connectivity index is 2.59. The number of amides is 2. The predicted molar refractivity (Wildman–Crippen MR) is 80.3 cm³/mol. The van der Waals surface area contributed by atoms with Gasteiger partial charge < -0.3 is 11.1 Å². The maximum absolute atomic E-state index is 12.0. The van der Waals surface area contributed by atoms with Gasteiger partial charge in [0.1, 0.15) is 0 Å². The molecule has 6 heteroatoms. The van der Waals surface area contributed by atoms with E-state index in [-0.39, 0.29) is 19.0 Å². The zero-order valence-corrected chi connectivity index (χ0v) is 12.3. The Morgan fingerprint density at radius 2 is 1.90 bits per heavy atom. The van der Waals surface area contributed by atoms with Gasteiger partial charge in [-0.05, 0) is 30.2 Å². The number of nitriles is 1. The van der Waals surface area contributed by atoms with Crippen LogP contribution in [0, 0.1) is 17.2 Å². The van der Waals surface area contributed by atoms with Crippen molar-refractivity contribution in [3.63, 3.8) is 0 Å². The predicted octanol–water partition coefficient (Wildman–Crippen LogP) is 0.940. The third-order valence-corrected chi connectivity index (χ3v) is 2.67. The van der Waals surface area contributed by atoms with Crippen molar-refractivity contribution < 1.29 is 9.59 Å². The van der Waals surface area contributed by atoms with Crippen LogP contribution in [-0.4, -0.2) is 36.3 Å². The van der Waals surface area contributed by atoms with Crippen LogP contribution in [0.4, 0.5) is 5.69 Å². The third kappa shape index (κ3) is 6.54. The van der Waals surface area contributed by atoms with Crippen LogP contribution in [-0.2, 0) is 9.59 Å². The second-order valence-corrected chi connectivity index (χ2v) is 5.27. The van der Waals surface area contributed by atoms with Gasteiger partial charge in [-0.25, -0.2) is 0 Å². The molecule has 112 valence electrons. The van der Waals surface area contributed by atoms with Crippen molar-refractivity contribution in [1.82, 2.24) is 4.90 Å². The molecule has 0 atom stereocenters. The minimum Gasteiger partial charge on any atom is -0.369 e. The molecule has 1 aromatic carbocycles. The molecule has 0 fully saturated rings. The first-order valence-corrected chi connectivity index (χ1v) is 6.71. The number of hydrogen-bond acceptors (Lipinski definition) is 4. The minimum absolute atomic E-state index is 0.0545. The number of carbonyl (C=O) groups is 2. The number of nitrogens with one attached hydrogen (secondary N) is 1. The lowest BCUT2D eigenvalue weighted by Crippen LogP contribution is -2.41. The van der Waals surface area contributed by atoms with E-state index in [9.17, 15) is 9.59 Å². The Labute approximate surface area is 124 Å². The number of hydrogen-bond donors (Lipinski definition) is 2. The summed E-state index contributed by atoms with van der Waals surface area (Å²) in [6.45, 7) is 4.78. The van der Waals surface area contributed by atoms with Gasteiger partial charge in [-0.3, -0.25) is 14.5 Å². The van der Waals surface area contributed by atoms with Gasteiger partial charge in [-0.1, -0.05) is 13.8 Å². The van der Waals surface area contributed by atoms with E-state index >= 15 is 0 Å². The SMILES string of the molecule is CC(C)CN(CC(N)=O)CC(=O)Nc1ccc(C#N)cc1. The Morgan fingerprint density at radius 1 is 1.29 bits per heavy atom. The molecule has 0 aliphatic heterocycles. The number of rotatable bonds is 7. The van der Waals surface area contributed by atoms with E-state index in [1.54, 1.807) is 29.2 Å². The molecule has 0 unspecified atom stereocenters. The summed E-state index contributed by atoms with van der Waals surface area (Å²) in [5.41, 5.74) is 6.33. The van der Waals surface area contributed by atoms with Crippen LogP contribution >= 0.6 is 0 Å². The van der Waals surface area contributed by atoms with E-state index in [0.717, 1.165) is 0 Å². The van der Waals surface area contributed by atoms with Crippen LogP contribution in [0.15, 0.2) is 24.3 Å². The molecule has 0 spiro atoms. The van der Waals surface area contributed by atoms with Gasteiger partial charge in [0.2, 0.25) is 11.8 Å². The van der Waals surface area contributed by atoms with E-state index in [1.165, 1.54) is 0 Å². The first-order chi connectivity index (χ1) is 9.90. The molecule has 1 aromatic rings. The largest absolute Gasteiger partial charge is 0.369 e. The molecule has 6 nitrogen and oxygen atoms in total. The molecule has 0 aromatic heterocycles.